The number of carboxylic acid groups (broad SMARTS) is 1. The number of carboxylic acids is 1. The van der Waals surface area contributed by atoms with Gasteiger partial charge in [0, 0.05) is 25.7 Å². The van der Waals surface area contributed by atoms with E-state index in [1.807, 2.05) is 0 Å². The number of carbonyl (C=O) groups is 2. The van der Waals surface area contributed by atoms with E-state index in [9.17, 15) is 9.59 Å². The van der Waals surface area contributed by atoms with Crippen LogP contribution in [0.4, 0.5) is 0 Å². The first-order valence-electron chi connectivity index (χ1n) is 7.48. The van der Waals surface area contributed by atoms with Gasteiger partial charge in [0.25, 0.3) is 5.91 Å². The van der Waals surface area contributed by atoms with E-state index < -0.39 is 5.97 Å². The third-order valence-electron chi connectivity index (χ3n) is 4.22. The zero-order chi connectivity index (χ0) is 14.8. The fourth-order valence-corrected chi connectivity index (χ4v) is 3.00. The molecule has 0 spiro atoms. The summed E-state index contributed by atoms with van der Waals surface area (Å²) in [6, 6.07) is 1.37. The predicted octanol–water partition coefficient (Wildman–Crippen LogP) is 0.523. The monoisotopic (exact) mass is 292 g/mol. The van der Waals surface area contributed by atoms with Gasteiger partial charge in [0.05, 0.1) is 6.54 Å². The van der Waals surface area contributed by atoms with Gasteiger partial charge >= 0.3 is 5.97 Å². The molecule has 7 heteroatoms. The zero-order valence-electron chi connectivity index (χ0n) is 12.0. The van der Waals surface area contributed by atoms with E-state index in [4.69, 9.17) is 5.11 Å². The molecule has 21 heavy (non-hydrogen) atoms. The molecule has 0 radical (unpaired) electrons. The van der Waals surface area contributed by atoms with Gasteiger partial charge in [-0.1, -0.05) is 6.42 Å². The van der Waals surface area contributed by atoms with Gasteiger partial charge in [-0.2, -0.15) is 5.10 Å². The summed E-state index contributed by atoms with van der Waals surface area (Å²) >= 11 is 0. The number of hydrogen-bond donors (Lipinski definition) is 1. The summed E-state index contributed by atoms with van der Waals surface area (Å²) in [5.74, 6) is -1.21. The minimum absolute atomic E-state index is 0.0590. The van der Waals surface area contributed by atoms with Crippen LogP contribution in [0.5, 0.6) is 0 Å². The van der Waals surface area contributed by atoms with Crippen molar-refractivity contribution in [2.45, 2.75) is 25.8 Å². The highest BCUT2D eigenvalue weighted by Gasteiger charge is 2.28. The van der Waals surface area contributed by atoms with Crippen LogP contribution in [0, 0.1) is 0 Å². The van der Waals surface area contributed by atoms with Crippen LogP contribution in [-0.2, 0) is 6.54 Å². The van der Waals surface area contributed by atoms with Gasteiger partial charge in [0.1, 0.15) is 5.69 Å². The Morgan fingerprint density at radius 2 is 1.90 bits per heavy atom. The smallest absolute Gasteiger partial charge is 0.356 e. The van der Waals surface area contributed by atoms with Crippen LogP contribution >= 0.6 is 0 Å². The quantitative estimate of drug-likeness (QED) is 0.875. The molecule has 0 atom stereocenters. The summed E-state index contributed by atoms with van der Waals surface area (Å²) < 4.78 is 1.50. The molecule has 1 aromatic heterocycles. The van der Waals surface area contributed by atoms with Gasteiger partial charge in [-0.25, -0.2) is 4.79 Å². The van der Waals surface area contributed by atoms with Crippen molar-refractivity contribution >= 4 is 11.9 Å². The Labute approximate surface area is 123 Å². The molecular weight excluding hydrogens is 272 g/mol. The molecule has 3 heterocycles. The topological polar surface area (TPSA) is 78.7 Å². The number of aromatic carboxylic acids is 1. The number of carbonyl (C=O) groups excluding carboxylic acids is 1. The lowest BCUT2D eigenvalue weighted by Gasteiger charge is -2.32. The van der Waals surface area contributed by atoms with E-state index in [1.165, 1.54) is 30.0 Å². The summed E-state index contributed by atoms with van der Waals surface area (Å²) in [6.45, 7) is 4.99. The Hall–Kier alpha value is -1.89. The van der Waals surface area contributed by atoms with Crippen LogP contribution in [0.1, 0.15) is 40.2 Å². The first-order valence-corrected chi connectivity index (χ1v) is 7.48. The minimum atomic E-state index is -1.09. The summed E-state index contributed by atoms with van der Waals surface area (Å²) in [5.41, 5.74) is 0.327. The van der Waals surface area contributed by atoms with Crippen LogP contribution < -0.4 is 0 Å². The molecule has 0 bridgehead atoms. The van der Waals surface area contributed by atoms with Crippen molar-refractivity contribution in [3.05, 3.63) is 17.5 Å². The molecular formula is C14H20N4O3. The summed E-state index contributed by atoms with van der Waals surface area (Å²) in [4.78, 5) is 27.5. The van der Waals surface area contributed by atoms with Gasteiger partial charge in [-0.05, 0) is 25.9 Å². The Morgan fingerprint density at radius 1 is 1.14 bits per heavy atom. The molecule has 0 aliphatic carbocycles. The second-order valence-corrected chi connectivity index (χ2v) is 5.64. The molecule has 3 rings (SSSR count). The standard InChI is InChI=1S/C14H20N4O3/c19-13-12-10-11(14(20)21)15-18(12)9-8-17(13)7-6-16-4-2-1-3-5-16/h10H,1-9H2,(H,20,21). The number of rotatable bonds is 4. The van der Waals surface area contributed by atoms with E-state index in [0.717, 1.165) is 19.6 Å². The lowest BCUT2D eigenvalue weighted by Crippen LogP contribution is -2.45. The van der Waals surface area contributed by atoms with Crippen molar-refractivity contribution < 1.29 is 14.7 Å². The van der Waals surface area contributed by atoms with Crippen LogP contribution in [0.25, 0.3) is 0 Å². The lowest BCUT2D eigenvalue weighted by molar-refractivity contribution is 0.0661. The second kappa shape index (κ2) is 5.85. The van der Waals surface area contributed by atoms with Gasteiger partial charge in [0.2, 0.25) is 0 Å². The van der Waals surface area contributed by atoms with Crippen molar-refractivity contribution in [3.8, 4) is 0 Å². The fraction of sp³-hybridized carbons (Fsp3) is 0.643. The Bertz CT molecular complexity index is 548. The number of amides is 1. The predicted molar refractivity (Wildman–Crippen MR) is 75.4 cm³/mol. The molecule has 114 valence electrons. The second-order valence-electron chi connectivity index (χ2n) is 5.64. The minimum Gasteiger partial charge on any atom is -0.476 e. The van der Waals surface area contributed by atoms with Crippen LogP contribution in [0.3, 0.4) is 0 Å². The van der Waals surface area contributed by atoms with Crippen molar-refractivity contribution in [1.82, 2.24) is 19.6 Å². The average molecular weight is 292 g/mol. The fourth-order valence-electron chi connectivity index (χ4n) is 3.00. The van der Waals surface area contributed by atoms with E-state index in [1.54, 1.807) is 4.90 Å². The van der Waals surface area contributed by atoms with Crippen molar-refractivity contribution in [1.29, 1.82) is 0 Å². The normalized spacial score (nSPS) is 19.6. The molecule has 7 nitrogen and oxygen atoms in total. The summed E-state index contributed by atoms with van der Waals surface area (Å²) in [7, 11) is 0. The molecule has 1 saturated heterocycles. The van der Waals surface area contributed by atoms with Crippen LogP contribution in [0.2, 0.25) is 0 Å². The van der Waals surface area contributed by atoms with Crippen molar-refractivity contribution in [3.63, 3.8) is 0 Å². The molecule has 0 aromatic carbocycles. The van der Waals surface area contributed by atoms with Crippen LogP contribution in [-0.4, -0.2) is 69.3 Å². The van der Waals surface area contributed by atoms with Gasteiger partial charge < -0.3 is 14.9 Å². The number of likely N-dealkylation sites (tertiary alicyclic amines) is 1. The Kier molecular flexibility index (Phi) is 3.92. The number of hydrogen-bond acceptors (Lipinski definition) is 4. The number of nitrogens with zero attached hydrogens (tertiary/aromatic N) is 4. The molecule has 2 aliphatic heterocycles. The number of piperidine rings is 1. The molecule has 2 aliphatic rings. The first-order chi connectivity index (χ1) is 10.1. The highest BCUT2D eigenvalue weighted by Crippen LogP contribution is 2.15. The molecule has 0 saturated carbocycles. The van der Waals surface area contributed by atoms with E-state index in [0.29, 0.717) is 25.3 Å². The van der Waals surface area contributed by atoms with E-state index in [-0.39, 0.29) is 11.6 Å². The number of aromatic nitrogens is 2. The average Bonchev–Trinajstić information content (AvgIpc) is 2.93. The lowest BCUT2D eigenvalue weighted by atomic mass is 10.1. The van der Waals surface area contributed by atoms with Gasteiger partial charge in [-0.15, -0.1) is 0 Å². The van der Waals surface area contributed by atoms with Gasteiger partial charge in [-0.3, -0.25) is 9.48 Å². The maximum atomic E-state index is 12.4. The first kappa shape index (κ1) is 14.1. The van der Waals surface area contributed by atoms with Crippen LogP contribution in [0.15, 0.2) is 6.07 Å². The summed E-state index contributed by atoms with van der Waals surface area (Å²) in [5, 5.41) is 12.9. The largest absolute Gasteiger partial charge is 0.476 e. The maximum Gasteiger partial charge on any atom is 0.356 e. The maximum absolute atomic E-state index is 12.4. The van der Waals surface area contributed by atoms with E-state index >= 15 is 0 Å². The molecule has 0 unspecified atom stereocenters. The third kappa shape index (κ3) is 2.92. The third-order valence-corrected chi connectivity index (χ3v) is 4.22. The van der Waals surface area contributed by atoms with Gasteiger partial charge in [0.15, 0.2) is 5.69 Å². The van der Waals surface area contributed by atoms with Crippen molar-refractivity contribution in [2.75, 3.05) is 32.7 Å². The van der Waals surface area contributed by atoms with Crippen molar-refractivity contribution in [2.24, 2.45) is 0 Å². The molecule has 1 fully saturated rings. The Balaban J connectivity index is 1.63. The number of fused-ring (bicyclic) bond motifs is 1. The Morgan fingerprint density at radius 3 is 2.62 bits per heavy atom. The zero-order valence-corrected chi connectivity index (χ0v) is 12.0. The SMILES string of the molecule is O=C(O)c1cc2n(n1)CCN(CCN1CCCCC1)C2=O. The summed E-state index contributed by atoms with van der Waals surface area (Å²) in [6.07, 6.45) is 3.78. The highest BCUT2D eigenvalue weighted by molar-refractivity contribution is 5.96. The highest BCUT2D eigenvalue weighted by atomic mass is 16.4. The molecule has 1 amide bonds. The molecule has 1 N–H and O–H groups in total. The van der Waals surface area contributed by atoms with E-state index in [2.05, 4.69) is 10.00 Å². The molecule has 1 aromatic rings.